The molecule has 2 aromatic carbocycles. The van der Waals surface area contributed by atoms with Crippen molar-refractivity contribution in [3.05, 3.63) is 74.6 Å². The number of benzene rings is 2. The lowest BCUT2D eigenvalue weighted by Gasteiger charge is -2.10. The summed E-state index contributed by atoms with van der Waals surface area (Å²) in [5, 5.41) is 7.19. The Morgan fingerprint density at radius 1 is 0.976 bits per heavy atom. The van der Waals surface area contributed by atoms with Crippen LogP contribution < -0.4 is 20.2 Å². The maximum absolute atomic E-state index is 12.7. The van der Waals surface area contributed by atoms with Gasteiger partial charge in [0.15, 0.2) is 11.5 Å². The second kappa shape index (κ2) is 13.9. The summed E-state index contributed by atoms with van der Waals surface area (Å²) in [7, 11) is 1.41. The van der Waals surface area contributed by atoms with Crippen LogP contribution in [0.15, 0.2) is 47.6 Å². The monoisotopic (exact) mass is 597 g/mol. The highest BCUT2D eigenvalue weighted by atomic mass is 35.5. The van der Waals surface area contributed by atoms with E-state index in [-0.39, 0.29) is 18.1 Å². The number of ether oxygens (including phenoxy) is 3. The number of methoxy groups -OCH3 is 1. The van der Waals surface area contributed by atoms with E-state index in [1.165, 1.54) is 30.7 Å². The van der Waals surface area contributed by atoms with Crippen molar-refractivity contribution < 1.29 is 33.4 Å². The Bertz CT molecular complexity index is 1480. The van der Waals surface area contributed by atoms with Gasteiger partial charge in [-0.05, 0) is 86.2 Å². The van der Waals surface area contributed by atoms with Gasteiger partial charge in [-0.25, -0.2) is 15.0 Å². The third-order valence-corrected chi connectivity index (χ3v) is 7.64. The molecular weight excluding hydrogens is 570 g/mol. The molecule has 1 aliphatic carbocycles. The van der Waals surface area contributed by atoms with Crippen LogP contribution in [-0.4, -0.2) is 43.7 Å². The maximum Gasteiger partial charge on any atom is 0.343 e. The van der Waals surface area contributed by atoms with Crippen LogP contribution >= 0.6 is 22.9 Å². The Labute approximate surface area is 245 Å². The number of hydrazone groups is 1. The van der Waals surface area contributed by atoms with Crippen LogP contribution in [0.5, 0.6) is 11.5 Å². The van der Waals surface area contributed by atoms with Gasteiger partial charge in [-0.15, -0.1) is 11.3 Å². The highest BCUT2D eigenvalue weighted by molar-refractivity contribution is 7.17. The summed E-state index contributed by atoms with van der Waals surface area (Å²) >= 11 is 7.16. The number of nitrogens with one attached hydrogen (secondary N) is 2. The number of aryl methyl sites for hydroxylation is 1. The molecule has 0 bridgehead atoms. The Morgan fingerprint density at radius 2 is 1.73 bits per heavy atom. The number of esters is 2. The number of fused-ring (bicyclic) bond motifs is 1. The predicted molar refractivity (Wildman–Crippen MR) is 155 cm³/mol. The highest BCUT2D eigenvalue weighted by Gasteiger charge is 2.28. The minimum atomic E-state index is -1.01. The molecule has 0 fully saturated rings. The number of hydrogen-bond acceptors (Lipinski definition) is 9. The van der Waals surface area contributed by atoms with Gasteiger partial charge in [-0.2, -0.15) is 5.10 Å². The smallest absolute Gasteiger partial charge is 0.343 e. The zero-order valence-electron chi connectivity index (χ0n) is 22.5. The average molecular weight is 598 g/mol. The summed E-state index contributed by atoms with van der Waals surface area (Å²) in [5.74, 6) is -2.65. The molecule has 1 aliphatic rings. The number of rotatable bonds is 8. The Kier molecular flexibility index (Phi) is 10.1. The molecule has 0 saturated carbocycles. The van der Waals surface area contributed by atoms with Crippen LogP contribution in [0.4, 0.5) is 5.00 Å². The number of carbonyl (C=O) groups is 4. The Balaban J connectivity index is 1.40. The molecule has 41 heavy (non-hydrogen) atoms. The molecule has 0 unspecified atom stereocenters. The van der Waals surface area contributed by atoms with Crippen molar-refractivity contribution in [3.8, 4) is 11.5 Å². The standard InChI is InChI=1S/C29H28ClN3O7S/c1-3-39-29(37)24-20-7-5-4-6-8-23(20)41-27(24)32-25(34)26(35)33-31-16-17-9-14-21(22(15-17)38-2)40-28(36)18-10-12-19(30)13-11-18/h9-16H,3-8H2,1-2H3,(H,32,34)(H,33,35)/b31-16+. The molecule has 12 heteroatoms. The number of anilines is 1. The lowest BCUT2D eigenvalue weighted by molar-refractivity contribution is -0.136. The molecule has 1 heterocycles. The van der Waals surface area contributed by atoms with Gasteiger partial charge in [0, 0.05) is 9.90 Å². The average Bonchev–Trinajstić information content (AvgIpc) is 3.13. The third-order valence-electron chi connectivity index (χ3n) is 6.18. The summed E-state index contributed by atoms with van der Waals surface area (Å²) < 4.78 is 16.0. The minimum absolute atomic E-state index is 0.180. The molecule has 0 radical (unpaired) electrons. The number of hydrogen-bond donors (Lipinski definition) is 2. The van der Waals surface area contributed by atoms with Gasteiger partial charge < -0.3 is 19.5 Å². The van der Waals surface area contributed by atoms with Gasteiger partial charge in [-0.3, -0.25) is 9.59 Å². The van der Waals surface area contributed by atoms with Gasteiger partial charge in [0.25, 0.3) is 0 Å². The first-order valence-electron chi connectivity index (χ1n) is 12.9. The van der Waals surface area contributed by atoms with Crippen LogP contribution in [0.3, 0.4) is 0 Å². The van der Waals surface area contributed by atoms with E-state index in [0.29, 0.717) is 26.7 Å². The van der Waals surface area contributed by atoms with Crippen molar-refractivity contribution in [1.82, 2.24) is 5.43 Å². The summed E-state index contributed by atoms with van der Waals surface area (Å²) in [6.45, 7) is 1.91. The van der Waals surface area contributed by atoms with Crippen molar-refractivity contribution in [2.45, 2.75) is 39.0 Å². The molecule has 0 aliphatic heterocycles. The number of carbonyl (C=O) groups excluding carboxylic acids is 4. The van der Waals surface area contributed by atoms with Crippen LogP contribution in [0.2, 0.25) is 5.02 Å². The van der Waals surface area contributed by atoms with E-state index in [0.717, 1.165) is 42.5 Å². The molecule has 0 atom stereocenters. The first-order valence-corrected chi connectivity index (χ1v) is 14.1. The highest BCUT2D eigenvalue weighted by Crippen LogP contribution is 2.38. The summed E-state index contributed by atoms with van der Waals surface area (Å²) in [6, 6.07) is 10.9. The fourth-order valence-corrected chi connectivity index (χ4v) is 5.62. The van der Waals surface area contributed by atoms with Gasteiger partial charge >= 0.3 is 23.8 Å². The van der Waals surface area contributed by atoms with Gasteiger partial charge in [-0.1, -0.05) is 18.0 Å². The minimum Gasteiger partial charge on any atom is -0.493 e. The van der Waals surface area contributed by atoms with E-state index in [4.69, 9.17) is 25.8 Å². The fourth-order valence-electron chi connectivity index (χ4n) is 4.22. The van der Waals surface area contributed by atoms with Gasteiger partial charge in [0.05, 0.1) is 31.1 Å². The topological polar surface area (TPSA) is 132 Å². The maximum atomic E-state index is 12.7. The largest absolute Gasteiger partial charge is 0.493 e. The lowest BCUT2D eigenvalue weighted by atomic mass is 10.1. The molecule has 10 nitrogen and oxygen atoms in total. The van der Waals surface area contributed by atoms with Crippen molar-refractivity contribution >= 4 is 57.9 Å². The van der Waals surface area contributed by atoms with Gasteiger partial charge in [0.1, 0.15) is 5.00 Å². The normalized spacial score (nSPS) is 12.7. The first kappa shape index (κ1) is 29.8. The van der Waals surface area contributed by atoms with Crippen molar-refractivity contribution in [2.75, 3.05) is 19.0 Å². The number of amides is 2. The van der Waals surface area contributed by atoms with E-state index in [1.54, 1.807) is 43.3 Å². The molecule has 4 rings (SSSR count). The lowest BCUT2D eigenvalue weighted by Crippen LogP contribution is -2.32. The zero-order valence-corrected chi connectivity index (χ0v) is 24.0. The molecular formula is C29H28ClN3O7S. The number of halogens is 1. The SMILES string of the molecule is CCOC(=O)c1c(NC(=O)C(=O)N/N=C/c2ccc(OC(=O)c3ccc(Cl)cc3)c(OC)c2)sc2c1CCCCC2. The second-order valence-corrected chi connectivity index (χ2v) is 10.5. The zero-order chi connectivity index (χ0) is 29.4. The van der Waals surface area contributed by atoms with Crippen LogP contribution in [0.1, 0.15) is 62.9 Å². The van der Waals surface area contributed by atoms with Crippen molar-refractivity contribution in [2.24, 2.45) is 5.10 Å². The number of nitrogens with zero attached hydrogens (tertiary/aromatic N) is 1. The van der Waals surface area contributed by atoms with Crippen LogP contribution in [0.25, 0.3) is 0 Å². The van der Waals surface area contributed by atoms with E-state index >= 15 is 0 Å². The van der Waals surface area contributed by atoms with Crippen molar-refractivity contribution in [3.63, 3.8) is 0 Å². The van der Waals surface area contributed by atoms with Gasteiger partial charge in [0.2, 0.25) is 0 Å². The molecule has 0 spiro atoms. The summed E-state index contributed by atoms with van der Waals surface area (Å²) in [6.07, 6.45) is 5.82. The van der Waals surface area contributed by atoms with E-state index in [1.807, 2.05) is 0 Å². The second-order valence-electron chi connectivity index (χ2n) is 8.95. The van der Waals surface area contributed by atoms with E-state index in [9.17, 15) is 19.2 Å². The van der Waals surface area contributed by atoms with E-state index < -0.39 is 23.8 Å². The molecule has 3 aromatic rings. The summed E-state index contributed by atoms with van der Waals surface area (Å²) in [5.41, 5.74) is 4.20. The Hall–Kier alpha value is -4.22. The summed E-state index contributed by atoms with van der Waals surface area (Å²) in [4.78, 5) is 51.2. The van der Waals surface area contributed by atoms with Crippen LogP contribution in [0, 0.1) is 0 Å². The molecule has 2 N–H and O–H groups in total. The number of thiophene rings is 1. The molecule has 0 saturated heterocycles. The molecule has 1 aromatic heterocycles. The van der Waals surface area contributed by atoms with Crippen LogP contribution in [-0.2, 0) is 27.2 Å². The molecule has 2 amide bonds. The fraction of sp³-hybridized carbons (Fsp3) is 0.276. The predicted octanol–water partition coefficient (Wildman–Crippen LogP) is 5.16. The Morgan fingerprint density at radius 3 is 2.46 bits per heavy atom. The molecule has 214 valence electrons. The first-order chi connectivity index (χ1) is 19.8. The van der Waals surface area contributed by atoms with Crippen molar-refractivity contribution in [1.29, 1.82) is 0 Å². The quantitative estimate of drug-likeness (QED) is 0.0915. The van der Waals surface area contributed by atoms with E-state index in [2.05, 4.69) is 15.8 Å². The third kappa shape index (κ3) is 7.50.